The quantitative estimate of drug-likeness (QED) is 0.837. The molecule has 0 unspecified atom stereocenters. The molecule has 20 heavy (non-hydrogen) atoms. The van der Waals surface area contributed by atoms with Gasteiger partial charge < -0.3 is 4.90 Å². The first-order valence-corrected chi connectivity index (χ1v) is 6.76. The van der Waals surface area contributed by atoms with Crippen LogP contribution in [0.4, 0.5) is 0 Å². The van der Waals surface area contributed by atoms with Crippen LogP contribution in [0.3, 0.4) is 0 Å². The second kappa shape index (κ2) is 5.36. The predicted molar refractivity (Wildman–Crippen MR) is 74.0 cm³/mol. The Hall–Kier alpha value is -2.30. The summed E-state index contributed by atoms with van der Waals surface area (Å²) in [4.78, 5) is 27.0. The molecule has 1 aliphatic rings. The molecule has 5 heteroatoms. The van der Waals surface area contributed by atoms with Crippen LogP contribution in [0.5, 0.6) is 0 Å². The van der Waals surface area contributed by atoms with Gasteiger partial charge in [0.1, 0.15) is 12.0 Å². The summed E-state index contributed by atoms with van der Waals surface area (Å²) in [6.07, 6.45) is 6.84. The molecule has 1 amide bonds. The lowest BCUT2D eigenvalue weighted by molar-refractivity contribution is 0.0726. The van der Waals surface area contributed by atoms with Crippen molar-refractivity contribution in [2.75, 3.05) is 6.54 Å². The highest BCUT2D eigenvalue weighted by atomic mass is 16.2. The summed E-state index contributed by atoms with van der Waals surface area (Å²) >= 11 is 0. The first kappa shape index (κ1) is 12.7. The molecule has 3 heterocycles. The normalized spacial score (nSPS) is 18.2. The van der Waals surface area contributed by atoms with Gasteiger partial charge >= 0.3 is 0 Å². The van der Waals surface area contributed by atoms with Crippen molar-refractivity contribution in [1.29, 1.82) is 0 Å². The van der Waals surface area contributed by atoms with Crippen LogP contribution in [0.2, 0.25) is 0 Å². The van der Waals surface area contributed by atoms with E-state index < -0.39 is 0 Å². The molecule has 0 radical (unpaired) electrons. The van der Waals surface area contributed by atoms with Gasteiger partial charge in [-0.3, -0.25) is 9.78 Å². The molecular formula is C15H16N4O. The predicted octanol–water partition coefficient (Wildman–Crippen LogP) is 2.16. The second-order valence-electron chi connectivity index (χ2n) is 4.96. The van der Waals surface area contributed by atoms with Gasteiger partial charge in [0.05, 0.1) is 11.7 Å². The highest BCUT2D eigenvalue weighted by Crippen LogP contribution is 2.31. The number of likely N-dealkylation sites (tertiary alicyclic amines) is 1. The first-order valence-electron chi connectivity index (χ1n) is 6.76. The van der Waals surface area contributed by atoms with E-state index in [-0.39, 0.29) is 11.9 Å². The number of hydrogen-bond donors (Lipinski definition) is 0. The Bertz CT molecular complexity index is 614. The lowest BCUT2D eigenvalue weighted by atomic mass is 10.1. The summed E-state index contributed by atoms with van der Waals surface area (Å²) in [6.45, 7) is 2.67. The molecule has 5 nitrogen and oxygen atoms in total. The minimum Gasteiger partial charge on any atom is -0.329 e. The smallest absolute Gasteiger partial charge is 0.273 e. The van der Waals surface area contributed by atoms with Crippen LogP contribution in [0.15, 0.2) is 36.9 Å². The van der Waals surface area contributed by atoms with Gasteiger partial charge in [0, 0.05) is 18.9 Å². The number of aromatic nitrogens is 3. The monoisotopic (exact) mass is 268 g/mol. The van der Waals surface area contributed by atoms with Crippen LogP contribution in [0.25, 0.3) is 0 Å². The average Bonchev–Trinajstić information content (AvgIpc) is 2.97. The number of amides is 1. The molecule has 0 saturated carbocycles. The second-order valence-corrected chi connectivity index (χ2v) is 4.96. The van der Waals surface area contributed by atoms with E-state index in [1.165, 1.54) is 6.33 Å². The fourth-order valence-electron chi connectivity index (χ4n) is 2.66. The van der Waals surface area contributed by atoms with E-state index in [4.69, 9.17) is 0 Å². The molecule has 1 saturated heterocycles. The zero-order chi connectivity index (χ0) is 13.9. The zero-order valence-corrected chi connectivity index (χ0v) is 11.4. The number of nitrogens with zero attached hydrogens (tertiary/aromatic N) is 4. The minimum atomic E-state index is -0.00999. The van der Waals surface area contributed by atoms with Gasteiger partial charge in [0.2, 0.25) is 0 Å². The maximum Gasteiger partial charge on any atom is 0.273 e. The number of aryl methyl sites for hydroxylation is 1. The molecule has 2 aromatic rings. The molecule has 2 aromatic heterocycles. The Morgan fingerprint density at radius 1 is 1.30 bits per heavy atom. The topological polar surface area (TPSA) is 59.0 Å². The van der Waals surface area contributed by atoms with Gasteiger partial charge in [-0.15, -0.1) is 0 Å². The third kappa shape index (κ3) is 2.27. The van der Waals surface area contributed by atoms with Crippen molar-refractivity contribution < 1.29 is 4.79 Å². The van der Waals surface area contributed by atoms with Crippen molar-refractivity contribution in [3.8, 4) is 0 Å². The Morgan fingerprint density at radius 2 is 2.20 bits per heavy atom. The Labute approximate surface area is 117 Å². The minimum absolute atomic E-state index is 0.00999. The van der Waals surface area contributed by atoms with Crippen molar-refractivity contribution in [1.82, 2.24) is 19.9 Å². The number of carbonyl (C=O) groups is 1. The molecule has 1 aliphatic heterocycles. The van der Waals surface area contributed by atoms with E-state index in [0.717, 1.165) is 30.6 Å². The highest BCUT2D eigenvalue weighted by Gasteiger charge is 2.32. The molecular weight excluding hydrogens is 252 g/mol. The van der Waals surface area contributed by atoms with Crippen molar-refractivity contribution in [2.24, 2.45) is 0 Å². The Kier molecular flexibility index (Phi) is 3.41. The summed E-state index contributed by atoms with van der Waals surface area (Å²) in [5, 5.41) is 0. The molecule has 0 aliphatic carbocycles. The van der Waals surface area contributed by atoms with Crippen LogP contribution in [-0.2, 0) is 0 Å². The summed E-state index contributed by atoms with van der Waals surface area (Å²) in [6, 6.07) is 5.67. The summed E-state index contributed by atoms with van der Waals surface area (Å²) in [5.74, 6) is -0.00999. The largest absolute Gasteiger partial charge is 0.329 e. The van der Waals surface area contributed by atoms with Gasteiger partial charge in [0.15, 0.2) is 0 Å². The number of carbonyl (C=O) groups excluding carboxylic acids is 1. The summed E-state index contributed by atoms with van der Waals surface area (Å²) < 4.78 is 0. The van der Waals surface area contributed by atoms with Crippen LogP contribution in [0, 0.1) is 6.92 Å². The maximum atomic E-state index is 12.7. The Balaban J connectivity index is 1.90. The van der Waals surface area contributed by atoms with Crippen LogP contribution >= 0.6 is 0 Å². The third-order valence-corrected chi connectivity index (χ3v) is 3.67. The van der Waals surface area contributed by atoms with Crippen LogP contribution in [0.1, 0.15) is 40.6 Å². The first-order chi connectivity index (χ1) is 9.77. The van der Waals surface area contributed by atoms with Gasteiger partial charge in [-0.1, -0.05) is 6.07 Å². The standard InChI is InChI=1S/C15H16N4O/c1-11-4-2-7-17-14(11)15(20)19-9-3-5-13(19)12-6-8-16-10-18-12/h2,4,6-8,10,13H,3,5,9H2,1H3/t13-/m0/s1. The van der Waals surface area contributed by atoms with Gasteiger partial charge in [-0.25, -0.2) is 9.97 Å². The maximum absolute atomic E-state index is 12.7. The molecule has 102 valence electrons. The SMILES string of the molecule is Cc1cccnc1C(=O)N1CCC[C@H]1c1ccncn1. The number of rotatable bonds is 2. The van der Waals surface area contributed by atoms with Crippen LogP contribution < -0.4 is 0 Å². The number of pyridine rings is 1. The van der Waals surface area contributed by atoms with Crippen molar-refractivity contribution in [3.63, 3.8) is 0 Å². The van der Waals surface area contributed by atoms with Gasteiger partial charge in [0.25, 0.3) is 5.91 Å². The van der Waals surface area contributed by atoms with Crippen molar-refractivity contribution in [2.45, 2.75) is 25.8 Å². The van der Waals surface area contributed by atoms with E-state index in [2.05, 4.69) is 15.0 Å². The summed E-state index contributed by atoms with van der Waals surface area (Å²) in [7, 11) is 0. The molecule has 1 fully saturated rings. The Morgan fingerprint density at radius 3 is 2.95 bits per heavy atom. The fraction of sp³-hybridized carbons (Fsp3) is 0.333. The van der Waals surface area contributed by atoms with Gasteiger partial charge in [-0.2, -0.15) is 0 Å². The van der Waals surface area contributed by atoms with Crippen molar-refractivity contribution in [3.05, 3.63) is 53.9 Å². The van der Waals surface area contributed by atoms with E-state index >= 15 is 0 Å². The lowest BCUT2D eigenvalue weighted by Gasteiger charge is -2.24. The number of hydrogen-bond acceptors (Lipinski definition) is 4. The molecule has 0 spiro atoms. The molecule has 1 atom stereocenters. The summed E-state index contributed by atoms with van der Waals surface area (Å²) in [5.41, 5.74) is 2.35. The zero-order valence-electron chi connectivity index (χ0n) is 11.4. The molecule has 0 aromatic carbocycles. The molecule has 3 rings (SSSR count). The fourth-order valence-corrected chi connectivity index (χ4v) is 2.66. The van der Waals surface area contributed by atoms with E-state index in [1.54, 1.807) is 12.4 Å². The molecule has 0 bridgehead atoms. The average molecular weight is 268 g/mol. The lowest BCUT2D eigenvalue weighted by Crippen LogP contribution is -2.32. The van der Waals surface area contributed by atoms with E-state index in [0.29, 0.717) is 5.69 Å². The van der Waals surface area contributed by atoms with E-state index in [9.17, 15) is 4.79 Å². The van der Waals surface area contributed by atoms with E-state index in [1.807, 2.05) is 30.0 Å². The van der Waals surface area contributed by atoms with Gasteiger partial charge in [-0.05, 0) is 37.5 Å². The third-order valence-electron chi connectivity index (χ3n) is 3.67. The highest BCUT2D eigenvalue weighted by molar-refractivity contribution is 5.94. The molecule has 0 N–H and O–H groups in total. The van der Waals surface area contributed by atoms with Crippen molar-refractivity contribution >= 4 is 5.91 Å². The van der Waals surface area contributed by atoms with Crippen LogP contribution in [-0.4, -0.2) is 32.3 Å².